The van der Waals surface area contributed by atoms with Gasteiger partial charge in [0.1, 0.15) is 5.82 Å². The monoisotopic (exact) mass is 995 g/mol. The zero-order valence-corrected chi connectivity index (χ0v) is 37.0. The number of ether oxygens (including phenoxy) is 1. The summed E-state index contributed by atoms with van der Waals surface area (Å²) in [4.78, 5) is 4.81. The number of pyridine rings is 1. The van der Waals surface area contributed by atoms with E-state index in [-0.39, 0.29) is 54.4 Å². The van der Waals surface area contributed by atoms with E-state index in [0.29, 0.717) is 34.1 Å². The van der Waals surface area contributed by atoms with Gasteiger partial charge in [-0.05, 0) is 80.9 Å². The summed E-state index contributed by atoms with van der Waals surface area (Å²) >= 11 is 0. The summed E-state index contributed by atoms with van der Waals surface area (Å²) in [6.07, 6.45) is 6.05. The third-order valence-electron chi connectivity index (χ3n) is 10.8. The van der Waals surface area contributed by atoms with Crippen LogP contribution in [0.1, 0.15) is 59.5 Å². The van der Waals surface area contributed by atoms with Gasteiger partial charge < -0.3 is 13.9 Å². The Bertz CT molecular complexity index is 3680. The molecule has 308 valence electrons. The standard InChI is InChI=1S/C56H46N4O.Pt/c1-38(2)32-39-26-29-51-53(33-39)58(37-59(51)55-46(40-16-8-6-9-17-40)23-15-24-47(55)41-18-10-7-11-19-41)43-20-14-21-44(35-43)61-45-27-28-49-48-22-12-13-25-50(48)60(52(49)36-45)54-34-42(30-31-57-54)56(3,4)5;/h6-31,33-34,38H,32H2,1-5H3;/q-2;/i6D,7D,8D,9D,10D,11D,16D,17D,18D,19D;. The molecule has 0 aliphatic rings. The number of imidazole rings is 1. The van der Waals surface area contributed by atoms with Crippen molar-refractivity contribution < 1.29 is 44.1 Å². The molecule has 0 saturated carbocycles. The Labute approximate surface area is 392 Å². The summed E-state index contributed by atoms with van der Waals surface area (Å²) in [7, 11) is 0. The van der Waals surface area contributed by atoms with Crippen molar-refractivity contribution in [2.45, 2.75) is 46.5 Å². The summed E-state index contributed by atoms with van der Waals surface area (Å²) in [6, 6.07) is 34.1. The van der Waals surface area contributed by atoms with E-state index in [1.54, 1.807) is 33.4 Å². The van der Waals surface area contributed by atoms with Gasteiger partial charge in [-0.15, -0.1) is 29.7 Å². The molecule has 0 bridgehead atoms. The Kier molecular flexibility index (Phi) is 8.22. The van der Waals surface area contributed by atoms with Gasteiger partial charge in [0.15, 0.2) is 0 Å². The Morgan fingerprint density at radius 1 is 0.710 bits per heavy atom. The Morgan fingerprint density at radius 2 is 1.40 bits per heavy atom. The van der Waals surface area contributed by atoms with Crippen molar-refractivity contribution in [3.63, 3.8) is 0 Å². The van der Waals surface area contributed by atoms with Gasteiger partial charge in [0.25, 0.3) is 6.33 Å². The number of fused-ring (bicyclic) bond motifs is 4. The maximum atomic E-state index is 9.08. The number of para-hydroxylation sites is 2. The van der Waals surface area contributed by atoms with Crippen molar-refractivity contribution in [3.05, 3.63) is 199 Å². The molecule has 0 unspecified atom stereocenters. The Morgan fingerprint density at radius 3 is 2.11 bits per heavy atom. The van der Waals surface area contributed by atoms with E-state index in [0.717, 1.165) is 45.2 Å². The molecular weight excluding hydrogens is 940 g/mol. The summed E-state index contributed by atoms with van der Waals surface area (Å²) in [6.45, 7) is 10.8. The van der Waals surface area contributed by atoms with Gasteiger partial charge in [-0.25, -0.2) is 4.98 Å². The molecule has 10 rings (SSSR count). The van der Waals surface area contributed by atoms with Gasteiger partial charge in [0.05, 0.1) is 30.4 Å². The van der Waals surface area contributed by atoms with E-state index in [1.165, 1.54) is 0 Å². The van der Waals surface area contributed by atoms with Crippen LogP contribution in [0.3, 0.4) is 0 Å². The maximum Gasteiger partial charge on any atom is 0.268 e. The molecule has 0 amide bonds. The number of benzene rings is 7. The van der Waals surface area contributed by atoms with Gasteiger partial charge in [0.2, 0.25) is 0 Å². The number of nitrogens with zero attached hydrogens (tertiary/aromatic N) is 4. The minimum absolute atomic E-state index is 0. The van der Waals surface area contributed by atoms with Gasteiger partial charge in [-0.2, -0.15) is 18.2 Å². The smallest absolute Gasteiger partial charge is 0.268 e. The zero-order valence-electron chi connectivity index (χ0n) is 44.7. The van der Waals surface area contributed by atoms with Gasteiger partial charge in [-0.3, -0.25) is 4.57 Å². The van der Waals surface area contributed by atoms with Crippen LogP contribution in [0.15, 0.2) is 170 Å². The van der Waals surface area contributed by atoms with Crippen molar-refractivity contribution >= 4 is 32.8 Å². The van der Waals surface area contributed by atoms with Crippen molar-refractivity contribution in [1.29, 1.82) is 0 Å². The van der Waals surface area contributed by atoms with Gasteiger partial charge in [0, 0.05) is 44.3 Å². The molecule has 0 saturated heterocycles. The Balaban J connectivity index is 0.00000640. The van der Waals surface area contributed by atoms with Crippen LogP contribution in [0, 0.1) is 24.4 Å². The van der Waals surface area contributed by atoms with Crippen LogP contribution in [-0.4, -0.2) is 14.1 Å². The fourth-order valence-corrected chi connectivity index (χ4v) is 7.98. The van der Waals surface area contributed by atoms with Crippen LogP contribution in [0.25, 0.3) is 72.3 Å². The molecule has 7 aromatic carbocycles. The van der Waals surface area contributed by atoms with Gasteiger partial charge >= 0.3 is 0 Å². The molecule has 0 aliphatic heterocycles. The molecule has 0 aliphatic carbocycles. The van der Waals surface area contributed by atoms with Crippen LogP contribution in [0.2, 0.25) is 0 Å². The molecular formula is C56H46N4OPt-2. The van der Waals surface area contributed by atoms with Crippen molar-refractivity contribution in [2.75, 3.05) is 0 Å². The molecule has 0 spiro atoms. The number of hydrogen-bond acceptors (Lipinski definition) is 2. The van der Waals surface area contributed by atoms with Crippen LogP contribution in [0.5, 0.6) is 11.5 Å². The first-order valence-electron chi connectivity index (χ1n) is 25.2. The summed E-state index contributed by atoms with van der Waals surface area (Å²) in [5, 5.41) is 2.03. The predicted molar refractivity (Wildman–Crippen MR) is 248 cm³/mol. The van der Waals surface area contributed by atoms with E-state index in [4.69, 9.17) is 23.4 Å². The summed E-state index contributed by atoms with van der Waals surface area (Å²) in [5.74, 6) is 1.87. The first-order valence-corrected chi connectivity index (χ1v) is 20.2. The quantitative estimate of drug-likeness (QED) is 0.107. The number of aromatic nitrogens is 4. The maximum absolute atomic E-state index is 9.08. The van der Waals surface area contributed by atoms with Crippen molar-refractivity contribution in [3.8, 4) is 50.9 Å². The van der Waals surface area contributed by atoms with E-state index < -0.39 is 60.4 Å². The first kappa shape index (κ1) is 30.5. The van der Waals surface area contributed by atoms with Crippen LogP contribution in [0.4, 0.5) is 0 Å². The molecule has 3 heterocycles. The minimum Gasteiger partial charge on any atom is -0.510 e. The predicted octanol–water partition coefficient (Wildman–Crippen LogP) is 13.4. The van der Waals surface area contributed by atoms with Crippen LogP contribution in [-0.2, 0) is 32.9 Å². The molecule has 0 N–H and O–H groups in total. The molecule has 5 nitrogen and oxygen atoms in total. The van der Waals surface area contributed by atoms with Crippen molar-refractivity contribution in [1.82, 2.24) is 14.1 Å². The second-order valence-corrected chi connectivity index (χ2v) is 16.5. The third kappa shape index (κ3) is 7.67. The average Bonchev–Trinajstić information content (AvgIpc) is 3.89. The van der Waals surface area contributed by atoms with E-state index >= 15 is 0 Å². The summed E-state index contributed by atoms with van der Waals surface area (Å²) in [5.41, 5.74) is 5.76. The zero-order chi connectivity index (χ0) is 50.4. The number of rotatable bonds is 9. The fraction of sp³-hybridized carbons (Fsp3) is 0.143. The largest absolute Gasteiger partial charge is 0.510 e. The summed E-state index contributed by atoms with van der Waals surface area (Å²) < 4.78 is 99.7. The normalized spacial score (nSPS) is 14.0. The number of hydrogen-bond donors (Lipinski definition) is 0. The topological polar surface area (TPSA) is 35.9 Å². The molecule has 6 heteroatoms. The van der Waals surface area contributed by atoms with Crippen molar-refractivity contribution in [2.24, 2.45) is 5.92 Å². The van der Waals surface area contributed by atoms with Crippen LogP contribution >= 0.6 is 0 Å². The third-order valence-corrected chi connectivity index (χ3v) is 10.8. The molecule has 0 atom stereocenters. The van der Waals surface area contributed by atoms with Gasteiger partial charge in [-0.1, -0.05) is 155 Å². The second kappa shape index (κ2) is 16.7. The SMILES string of the molecule is [2H]c1c([2H])c([2H])c(-c2cccc(-c3c([2H])c([2H])c([2H])c([2H])c3[2H])c2-[n+]2[c-]n(-c3[c-]c(Oc4[c-]c5c(cc4)c4ccccc4n5-c4cc(C(C)(C)C)ccn4)ccc3)c3cc(CC(C)C)ccc32)c([2H])c1[2H].[Pt]. The molecule has 0 radical (unpaired) electrons. The fourth-order valence-electron chi connectivity index (χ4n) is 7.98. The second-order valence-electron chi connectivity index (χ2n) is 16.5. The molecule has 3 aromatic heterocycles. The average molecular weight is 996 g/mol. The van der Waals surface area contributed by atoms with E-state index in [1.807, 2.05) is 66.9 Å². The molecule has 62 heavy (non-hydrogen) atoms. The first-order chi connectivity index (χ1) is 33.8. The minimum atomic E-state index is -0.569. The van der Waals surface area contributed by atoms with Crippen LogP contribution < -0.4 is 9.30 Å². The molecule has 0 fully saturated rings. The van der Waals surface area contributed by atoms with E-state index in [9.17, 15) is 0 Å². The van der Waals surface area contributed by atoms with E-state index in [2.05, 4.69) is 75.8 Å². The molecule has 10 aromatic rings. The Hall–Kier alpha value is -6.55.